The molecule has 0 radical (unpaired) electrons. The second-order valence-electron chi connectivity index (χ2n) is 9.19. The van der Waals surface area contributed by atoms with Crippen LogP contribution in [0.5, 0.6) is 0 Å². The number of nitrogens with one attached hydrogen (secondary N) is 1. The van der Waals surface area contributed by atoms with E-state index in [0.29, 0.717) is 38.2 Å². The van der Waals surface area contributed by atoms with E-state index in [0.717, 1.165) is 25.4 Å². The van der Waals surface area contributed by atoms with Gasteiger partial charge in [-0.1, -0.05) is 54.9 Å². The first kappa shape index (κ1) is 30.7. The van der Waals surface area contributed by atoms with Crippen LogP contribution in [0.3, 0.4) is 0 Å². The zero-order valence-corrected chi connectivity index (χ0v) is 22.6. The Morgan fingerprint density at radius 2 is 1.52 bits per heavy atom. The summed E-state index contributed by atoms with van der Waals surface area (Å²) in [5.41, 5.74) is 0.817. The number of ether oxygens (including phenoxy) is 2. The van der Waals surface area contributed by atoms with Gasteiger partial charge in [0.15, 0.2) is 0 Å². The molecule has 2 saturated carbocycles. The lowest BCUT2D eigenvalue weighted by atomic mass is 9.80. The third-order valence-corrected chi connectivity index (χ3v) is 7.82. The summed E-state index contributed by atoms with van der Waals surface area (Å²) < 4.78 is 11.0. The first-order valence-corrected chi connectivity index (χ1v) is 14.1. The minimum Gasteiger partial charge on any atom is -0.379 e. The molecule has 0 heterocycles. The van der Waals surface area contributed by atoms with E-state index < -0.39 is 0 Å². The largest absolute Gasteiger partial charge is 0.379 e. The van der Waals surface area contributed by atoms with E-state index in [2.05, 4.69) is 37.8 Å². The lowest BCUT2D eigenvalue weighted by Crippen LogP contribution is -2.32. The van der Waals surface area contributed by atoms with Crippen molar-refractivity contribution in [3.05, 3.63) is 0 Å². The van der Waals surface area contributed by atoms with Crippen molar-refractivity contribution in [2.75, 3.05) is 44.5 Å². The van der Waals surface area contributed by atoms with Crippen LogP contribution >= 0.6 is 11.8 Å². The van der Waals surface area contributed by atoms with Gasteiger partial charge in [0.1, 0.15) is 0 Å². The predicted octanol–water partition coefficient (Wildman–Crippen LogP) is 6.72. The average molecular weight is 460 g/mol. The first-order valence-electron chi connectivity index (χ1n) is 13.0. The Bertz CT molecular complexity index is 434. The second kappa shape index (κ2) is 18.2. The van der Waals surface area contributed by atoms with Crippen molar-refractivity contribution >= 4 is 17.7 Å². The third kappa shape index (κ3) is 12.5. The van der Waals surface area contributed by atoms with Crippen molar-refractivity contribution in [2.24, 2.45) is 16.7 Å². The molecular formula is C26H53NO3S. The quantitative estimate of drug-likeness (QED) is 0.276. The van der Waals surface area contributed by atoms with Gasteiger partial charge in [0.05, 0.1) is 19.8 Å². The number of hydrogen-bond donors (Lipinski definition) is 1. The third-order valence-electron chi connectivity index (χ3n) is 6.10. The lowest BCUT2D eigenvalue weighted by molar-refractivity contribution is -0.123. The minimum atomic E-state index is 0.213. The number of thioether (sulfide) groups is 1. The molecule has 2 bridgehead atoms. The molecule has 1 amide bonds. The molecule has 2 rings (SSSR count). The Morgan fingerprint density at radius 3 is 2.10 bits per heavy atom. The highest BCUT2D eigenvalue weighted by Gasteiger charge is 2.54. The van der Waals surface area contributed by atoms with Crippen LogP contribution < -0.4 is 5.32 Å². The number of rotatable bonds is 15. The summed E-state index contributed by atoms with van der Waals surface area (Å²) in [5.74, 6) is 3.54. The summed E-state index contributed by atoms with van der Waals surface area (Å²) in [6.45, 7) is 18.0. The molecule has 0 spiro atoms. The van der Waals surface area contributed by atoms with Crippen LogP contribution in [0.15, 0.2) is 0 Å². The van der Waals surface area contributed by atoms with Crippen molar-refractivity contribution in [1.82, 2.24) is 5.32 Å². The van der Waals surface area contributed by atoms with Gasteiger partial charge < -0.3 is 14.8 Å². The van der Waals surface area contributed by atoms with Crippen molar-refractivity contribution in [3.63, 3.8) is 0 Å². The summed E-state index contributed by atoms with van der Waals surface area (Å²) in [6, 6.07) is 0. The maximum Gasteiger partial charge on any atom is 0.220 e. The number of fused-ring (bicyclic) bond motifs is 2. The standard InChI is InChI=1S/C22H41NO3S.2C2H6/c1-4-5-11-25-13-14-26-12-10-23-20(24)15-21-6-8-22(17-21,9-7-21)18-27-16-19(2)3;2*1-2/h19H,4-18H2,1-3H3,(H,23,24);2*1-2H3. The van der Waals surface area contributed by atoms with Gasteiger partial charge in [0, 0.05) is 19.6 Å². The molecule has 0 atom stereocenters. The van der Waals surface area contributed by atoms with Gasteiger partial charge in [-0.15, -0.1) is 0 Å². The average Bonchev–Trinajstić information content (AvgIpc) is 3.30. The summed E-state index contributed by atoms with van der Waals surface area (Å²) in [6.07, 6.45) is 9.39. The molecule has 0 aromatic heterocycles. The molecule has 0 aromatic carbocycles. The van der Waals surface area contributed by atoms with Crippen LogP contribution in [0.4, 0.5) is 0 Å². The van der Waals surface area contributed by atoms with Crippen molar-refractivity contribution in [3.8, 4) is 0 Å². The Kier molecular flexibility index (Phi) is 18.0. The number of unbranched alkanes of at least 4 members (excludes halogenated alkanes) is 1. The van der Waals surface area contributed by atoms with Gasteiger partial charge in [0.25, 0.3) is 0 Å². The number of hydrogen-bond acceptors (Lipinski definition) is 4. The van der Waals surface area contributed by atoms with Gasteiger partial charge >= 0.3 is 0 Å². The molecule has 1 N–H and O–H groups in total. The van der Waals surface area contributed by atoms with E-state index in [1.807, 2.05) is 27.7 Å². The Morgan fingerprint density at radius 1 is 0.935 bits per heavy atom. The zero-order valence-electron chi connectivity index (χ0n) is 21.8. The van der Waals surface area contributed by atoms with Gasteiger partial charge in [-0.2, -0.15) is 11.8 Å². The summed E-state index contributed by atoms with van der Waals surface area (Å²) >= 11 is 2.13. The monoisotopic (exact) mass is 459 g/mol. The second-order valence-corrected chi connectivity index (χ2v) is 10.2. The molecule has 5 heteroatoms. The highest BCUT2D eigenvalue weighted by Crippen LogP contribution is 2.63. The van der Waals surface area contributed by atoms with Crippen LogP contribution in [0, 0.1) is 16.7 Å². The fourth-order valence-corrected chi connectivity index (χ4v) is 6.05. The van der Waals surface area contributed by atoms with Gasteiger partial charge in [-0.25, -0.2) is 0 Å². The van der Waals surface area contributed by atoms with Gasteiger partial charge in [0.2, 0.25) is 5.91 Å². The van der Waals surface area contributed by atoms with Gasteiger partial charge in [-0.05, 0) is 66.8 Å². The summed E-state index contributed by atoms with van der Waals surface area (Å²) in [4.78, 5) is 12.4. The topological polar surface area (TPSA) is 47.6 Å². The number of amides is 1. The zero-order chi connectivity index (χ0) is 23.6. The van der Waals surface area contributed by atoms with Crippen LogP contribution in [0.2, 0.25) is 0 Å². The van der Waals surface area contributed by atoms with Crippen LogP contribution in [-0.4, -0.2) is 50.4 Å². The molecular weight excluding hydrogens is 406 g/mol. The maximum absolute atomic E-state index is 12.4. The minimum absolute atomic E-state index is 0.213. The fourth-order valence-electron chi connectivity index (χ4n) is 4.64. The van der Waals surface area contributed by atoms with E-state index in [1.165, 1.54) is 43.6 Å². The molecule has 31 heavy (non-hydrogen) atoms. The van der Waals surface area contributed by atoms with Gasteiger partial charge in [-0.3, -0.25) is 4.79 Å². The van der Waals surface area contributed by atoms with Crippen molar-refractivity contribution in [1.29, 1.82) is 0 Å². The van der Waals surface area contributed by atoms with Crippen LogP contribution in [0.1, 0.15) is 99.8 Å². The number of carbonyl (C=O) groups excluding carboxylic acids is 1. The Balaban J connectivity index is 0.00000212. The van der Waals surface area contributed by atoms with E-state index in [1.54, 1.807) is 0 Å². The molecule has 186 valence electrons. The summed E-state index contributed by atoms with van der Waals surface area (Å²) in [7, 11) is 0. The highest BCUT2D eigenvalue weighted by molar-refractivity contribution is 7.99. The SMILES string of the molecule is CC.CC.CCCCOCCOCCNC(=O)CC12CCC(CSCC(C)C)(CC1)C2. The van der Waals surface area contributed by atoms with Crippen molar-refractivity contribution in [2.45, 2.75) is 99.8 Å². The summed E-state index contributed by atoms with van der Waals surface area (Å²) in [5, 5.41) is 3.06. The molecule has 0 unspecified atom stereocenters. The molecule has 0 saturated heterocycles. The molecule has 2 fully saturated rings. The molecule has 2 aliphatic carbocycles. The Labute approximate surface area is 198 Å². The van der Waals surface area contributed by atoms with E-state index >= 15 is 0 Å². The van der Waals surface area contributed by atoms with E-state index in [9.17, 15) is 4.79 Å². The van der Waals surface area contributed by atoms with E-state index in [-0.39, 0.29) is 11.3 Å². The molecule has 4 nitrogen and oxygen atoms in total. The highest BCUT2D eigenvalue weighted by atomic mass is 32.2. The fraction of sp³-hybridized carbons (Fsp3) is 0.962. The molecule has 0 aliphatic heterocycles. The lowest BCUT2D eigenvalue weighted by Gasteiger charge is -2.27. The van der Waals surface area contributed by atoms with Crippen LogP contribution in [0.25, 0.3) is 0 Å². The maximum atomic E-state index is 12.4. The van der Waals surface area contributed by atoms with Crippen molar-refractivity contribution < 1.29 is 14.3 Å². The van der Waals surface area contributed by atoms with Crippen LogP contribution in [-0.2, 0) is 14.3 Å². The normalized spacial score (nSPS) is 23.7. The Hall–Kier alpha value is -0.260. The first-order chi connectivity index (χ1) is 15.0. The predicted molar refractivity (Wildman–Crippen MR) is 137 cm³/mol. The number of carbonyl (C=O) groups is 1. The smallest absolute Gasteiger partial charge is 0.220 e. The molecule has 2 aliphatic rings. The van der Waals surface area contributed by atoms with E-state index in [4.69, 9.17) is 9.47 Å². The molecule has 0 aromatic rings.